The zero-order chi connectivity index (χ0) is 18.9. The van der Waals surface area contributed by atoms with Crippen LogP contribution in [0.5, 0.6) is 5.75 Å². The second-order valence-corrected chi connectivity index (χ2v) is 7.62. The van der Waals surface area contributed by atoms with Crippen molar-refractivity contribution in [1.82, 2.24) is 9.99 Å². The Morgan fingerprint density at radius 2 is 2.00 bits per heavy atom. The SMILES string of the molecule is NCCCC1(C2=CCN(N)CC2)c2ccc(O)cc2CCc2cccnc21. The monoisotopic (exact) mass is 364 g/mol. The zero-order valence-corrected chi connectivity index (χ0v) is 15.7. The molecule has 0 radical (unpaired) electrons. The maximum atomic E-state index is 10.1. The number of phenolic OH excluding ortho intramolecular Hbond substituents is 1. The first-order valence-electron chi connectivity index (χ1n) is 9.81. The van der Waals surface area contributed by atoms with E-state index in [1.54, 1.807) is 0 Å². The van der Waals surface area contributed by atoms with Gasteiger partial charge in [-0.1, -0.05) is 23.8 Å². The average molecular weight is 364 g/mol. The molecule has 27 heavy (non-hydrogen) atoms. The quantitative estimate of drug-likeness (QED) is 0.573. The molecule has 0 amide bonds. The lowest BCUT2D eigenvalue weighted by atomic mass is 9.65. The Morgan fingerprint density at radius 1 is 1.15 bits per heavy atom. The molecule has 4 rings (SSSR count). The summed E-state index contributed by atoms with van der Waals surface area (Å²) < 4.78 is 0. The van der Waals surface area contributed by atoms with Gasteiger partial charge in [0.2, 0.25) is 0 Å². The molecule has 0 bridgehead atoms. The van der Waals surface area contributed by atoms with Crippen molar-refractivity contribution in [2.75, 3.05) is 19.6 Å². The molecule has 142 valence electrons. The minimum atomic E-state index is -0.295. The Balaban J connectivity index is 2.00. The number of aromatic hydroxyl groups is 1. The number of fused-ring (bicyclic) bond motifs is 2. The first-order valence-corrected chi connectivity index (χ1v) is 9.81. The summed E-state index contributed by atoms with van der Waals surface area (Å²) in [6, 6.07) is 10.1. The topological polar surface area (TPSA) is 88.4 Å². The Hall–Kier alpha value is -2.21. The van der Waals surface area contributed by atoms with Crippen LogP contribution >= 0.6 is 0 Å². The molecule has 0 spiro atoms. The van der Waals surface area contributed by atoms with Crippen molar-refractivity contribution < 1.29 is 5.11 Å². The highest BCUT2D eigenvalue weighted by molar-refractivity contribution is 5.55. The van der Waals surface area contributed by atoms with E-state index in [4.69, 9.17) is 16.6 Å². The normalized spacial score (nSPS) is 22.5. The number of nitrogens with zero attached hydrogens (tertiary/aromatic N) is 2. The van der Waals surface area contributed by atoms with Crippen LogP contribution in [0.15, 0.2) is 48.2 Å². The number of pyridine rings is 1. The largest absolute Gasteiger partial charge is 0.508 e. The molecule has 1 atom stereocenters. The van der Waals surface area contributed by atoms with Gasteiger partial charge in [0.05, 0.1) is 11.1 Å². The van der Waals surface area contributed by atoms with Crippen LogP contribution in [0, 0.1) is 0 Å². The molecule has 0 saturated carbocycles. The van der Waals surface area contributed by atoms with E-state index < -0.39 is 0 Å². The van der Waals surface area contributed by atoms with Crippen LogP contribution in [0.4, 0.5) is 0 Å². The Labute approximate surface area is 160 Å². The third-order valence-corrected chi connectivity index (χ3v) is 6.05. The number of aromatic nitrogens is 1. The first-order chi connectivity index (χ1) is 13.1. The van der Waals surface area contributed by atoms with E-state index in [2.05, 4.69) is 18.2 Å². The molecule has 0 fully saturated rings. The number of hydrazine groups is 1. The van der Waals surface area contributed by atoms with Crippen molar-refractivity contribution in [3.05, 3.63) is 70.6 Å². The van der Waals surface area contributed by atoms with Crippen LogP contribution < -0.4 is 11.6 Å². The summed E-state index contributed by atoms with van der Waals surface area (Å²) >= 11 is 0. The van der Waals surface area contributed by atoms with E-state index >= 15 is 0 Å². The van der Waals surface area contributed by atoms with Crippen LogP contribution in [0.2, 0.25) is 0 Å². The highest BCUT2D eigenvalue weighted by atomic mass is 16.3. The van der Waals surface area contributed by atoms with E-state index in [1.165, 1.54) is 22.3 Å². The molecule has 1 aliphatic heterocycles. The second-order valence-electron chi connectivity index (χ2n) is 7.62. The zero-order valence-electron chi connectivity index (χ0n) is 15.7. The van der Waals surface area contributed by atoms with Gasteiger partial charge in [0.1, 0.15) is 5.75 Å². The number of rotatable bonds is 4. The summed E-state index contributed by atoms with van der Waals surface area (Å²) in [5, 5.41) is 12.0. The molecule has 5 N–H and O–H groups in total. The number of hydrogen-bond donors (Lipinski definition) is 3. The fraction of sp³-hybridized carbons (Fsp3) is 0.409. The predicted molar refractivity (Wildman–Crippen MR) is 107 cm³/mol. The van der Waals surface area contributed by atoms with Crippen molar-refractivity contribution in [1.29, 1.82) is 0 Å². The van der Waals surface area contributed by atoms with Gasteiger partial charge in [0.15, 0.2) is 0 Å². The lowest BCUT2D eigenvalue weighted by Crippen LogP contribution is -2.41. The van der Waals surface area contributed by atoms with Crippen molar-refractivity contribution in [2.24, 2.45) is 11.6 Å². The maximum Gasteiger partial charge on any atom is 0.115 e. The van der Waals surface area contributed by atoms with Crippen LogP contribution in [0.3, 0.4) is 0 Å². The molecule has 2 aromatic rings. The number of nitrogens with two attached hydrogens (primary N) is 2. The van der Waals surface area contributed by atoms with Gasteiger partial charge in [-0.05, 0) is 73.5 Å². The fourth-order valence-electron chi connectivity index (χ4n) is 4.80. The molecular formula is C22H28N4O. The number of hydrogen-bond acceptors (Lipinski definition) is 5. The van der Waals surface area contributed by atoms with Gasteiger partial charge in [-0.25, -0.2) is 5.01 Å². The van der Waals surface area contributed by atoms with Crippen molar-refractivity contribution >= 4 is 0 Å². The molecule has 2 aliphatic rings. The smallest absolute Gasteiger partial charge is 0.115 e. The van der Waals surface area contributed by atoms with E-state index in [0.717, 1.165) is 50.9 Å². The van der Waals surface area contributed by atoms with Crippen LogP contribution in [0.25, 0.3) is 0 Å². The third kappa shape index (κ3) is 3.16. The van der Waals surface area contributed by atoms with Gasteiger partial charge in [0, 0.05) is 19.3 Å². The number of aryl methyl sites for hydroxylation is 2. The standard InChI is InChI=1S/C22H28N4O/c23-11-2-10-22(18-8-13-26(24)14-9-18)20-7-6-19(27)15-17(20)5-4-16-3-1-12-25-21(16)22/h1,3,6-8,12,15,27H,2,4-5,9-11,13-14,23-24H2. The van der Waals surface area contributed by atoms with Crippen molar-refractivity contribution in [3.63, 3.8) is 0 Å². The molecular weight excluding hydrogens is 336 g/mol. The molecule has 1 unspecified atom stereocenters. The lowest BCUT2D eigenvalue weighted by Gasteiger charge is -2.40. The van der Waals surface area contributed by atoms with E-state index in [9.17, 15) is 5.11 Å². The Bertz CT molecular complexity index is 863. The lowest BCUT2D eigenvalue weighted by molar-refractivity contribution is 0.293. The molecule has 1 aliphatic carbocycles. The van der Waals surface area contributed by atoms with E-state index in [-0.39, 0.29) is 5.41 Å². The molecule has 0 saturated heterocycles. The summed E-state index contributed by atoms with van der Waals surface area (Å²) in [4.78, 5) is 4.91. The summed E-state index contributed by atoms with van der Waals surface area (Å²) in [6.45, 7) is 2.23. The summed E-state index contributed by atoms with van der Waals surface area (Å²) in [5.74, 6) is 6.35. The van der Waals surface area contributed by atoms with Gasteiger partial charge in [-0.3, -0.25) is 10.8 Å². The number of benzene rings is 1. The Kier molecular flexibility index (Phi) is 5.00. The van der Waals surface area contributed by atoms with Crippen molar-refractivity contribution in [3.8, 4) is 5.75 Å². The average Bonchev–Trinajstić information content (AvgIpc) is 2.82. The highest BCUT2D eigenvalue weighted by Gasteiger charge is 2.43. The minimum Gasteiger partial charge on any atom is -0.508 e. The van der Waals surface area contributed by atoms with Gasteiger partial charge in [0.25, 0.3) is 0 Å². The molecule has 1 aromatic heterocycles. The summed E-state index contributed by atoms with van der Waals surface area (Å²) in [6.07, 6.45) is 8.77. The van der Waals surface area contributed by atoms with Gasteiger partial charge in [-0.2, -0.15) is 0 Å². The van der Waals surface area contributed by atoms with Crippen molar-refractivity contribution in [2.45, 2.75) is 37.5 Å². The minimum absolute atomic E-state index is 0.295. The van der Waals surface area contributed by atoms with Gasteiger partial charge in [-0.15, -0.1) is 0 Å². The number of phenols is 1. The predicted octanol–water partition coefficient (Wildman–Crippen LogP) is 2.42. The third-order valence-electron chi connectivity index (χ3n) is 6.05. The summed E-state index contributed by atoms with van der Waals surface area (Å²) in [7, 11) is 0. The molecule has 1 aromatic carbocycles. The second kappa shape index (κ2) is 7.43. The first kappa shape index (κ1) is 18.2. The van der Waals surface area contributed by atoms with E-state index in [0.29, 0.717) is 12.3 Å². The van der Waals surface area contributed by atoms with Gasteiger partial charge >= 0.3 is 0 Å². The summed E-state index contributed by atoms with van der Waals surface area (Å²) in [5.41, 5.74) is 12.0. The Morgan fingerprint density at radius 3 is 2.78 bits per heavy atom. The van der Waals surface area contributed by atoms with Crippen LogP contribution in [-0.2, 0) is 18.3 Å². The molecule has 5 heteroatoms. The van der Waals surface area contributed by atoms with Crippen LogP contribution in [-0.4, -0.2) is 34.7 Å². The van der Waals surface area contributed by atoms with Crippen LogP contribution in [0.1, 0.15) is 41.6 Å². The van der Waals surface area contributed by atoms with E-state index in [1.807, 2.05) is 29.4 Å². The van der Waals surface area contributed by atoms with Gasteiger partial charge < -0.3 is 10.8 Å². The maximum absolute atomic E-state index is 10.1. The molecule has 5 nitrogen and oxygen atoms in total. The fourth-order valence-corrected chi connectivity index (χ4v) is 4.80. The molecule has 2 heterocycles. The highest BCUT2D eigenvalue weighted by Crippen LogP contribution is 2.49.